The summed E-state index contributed by atoms with van der Waals surface area (Å²) in [5, 5.41) is 0. The number of hydrogen-bond acceptors (Lipinski definition) is 2. The van der Waals surface area contributed by atoms with Crippen LogP contribution >= 0.6 is 0 Å². The van der Waals surface area contributed by atoms with Crippen molar-refractivity contribution in [1.82, 2.24) is 5.43 Å². The van der Waals surface area contributed by atoms with Gasteiger partial charge in [-0.25, -0.2) is 0 Å². The Morgan fingerprint density at radius 2 is 2.60 bits per heavy atom. The number of hydrogen-bond donors (Lipinski definition) is 1. The SMILES string of the molecule is C=CN[N]=[Fe+]. The van der Waals surface area contributed by atoms with Gasteiger partial charge in [0.15, 0.2) is 0 Å². The van der Waals surface area contributed by atoms with Crippen molar-refractivity contribution < 1.29 is 15.8 Å². The molecule has 0 saturated heterocycles. The molecule has 0 aliphatic heterocycles. The topological polar surface area (TPSA) is 24.4 Å². The van der Waals surface area contributed by atoms with Crippen molar-refractivity contribution >= 4 is 0 Å². The number of nitrogens with one attached hydrogen (secondary N) is 1. The van der Waals surface area contributed by atoms with Crippen LogP contribution in [0.1, 0.15) is 0 Å². The third-order valence-corrected chi connectivity index (χ3v) is 0.279. The molecule has 0 aromatic heterocycles. The van der Waals surface area contributed by atoms with Crippen LogP contribution in [-0.2, 0) is 15.8 Å². The molecule has 0 aliphatic rings. The first-order chi connectivity index (χ1) is 2.41. The van der Waals surface area contributed by atoms with Crippen molar-refractivity contribution in [2.75, 3.05) is 0 Å². The van der Waals surface area contributed by atoms with E-state index < -0.39 is 0 Å². The molecule has 5 heavy (non-hydrogen) atoms. The third kappa shape index (κ3) is 3.86. The molecular formula is C2H4FeN2+. The molecule has 0 unspecified atom stereocenters. The minimum absolute atomic E-state index is 1.45. The minimum atomic E-state index is 1.45. The molecule has 0 aromatic rings. The van der Waals surface area contributed by atoms with E-state index in [1.54, 1.807) is 0 Å². The molecule has 1 N–H and O–H groups in total. The van der Waals surface area contributed by atoms with Gasteiger partial charge in [0.1, 0.15) is 0 Å². The van der Waals surface area contributed by atoms with Crippen LogP contribution in [0.25, 0.3) is 0 Å². The van der Waals surface area contributed by atoms with E-state index >= 15 is 0 Å². The van der Waals surface area contributed by atoms with Gasteiger partial charge in [0, 0.05) is 0 Å². The first-order valence-corrected chi connectivity index (χ1v) is 1.57. The summed E-state index contributed by atoms with van der Waals surface area (Å²) >= 11 is 3.12. The third-order valence-electron chi connectivity index (χ3n) is 0.137. The summed E-state index contributed by atoms with van der Waals surface area (Å²) in [7, 11) is 0. The Morgan fingerprint density at radius 3 is 2.60 bits per heavy atom. The van der Waals surface area contributed by atoms with E-state index in [1.807, 2.05) is 0 Å². The van der Waals surface area contributed by atoms with Crippen molar-refractivity contribution in [3.8, 4) is 0 Å². The molecule has 0 aromatic carbocycles. The van der Waals surface area contributed by atoms with Gasteiger partial charge in [0.2, 0.25) is 0 Å². The van der Waals surface area contributed by atoms with Crippen LogP contribution in [0.15, 0.2) is 16.9 Å². The Bertz CT molecular complexity index is 36.9. The molecule has 2 nitrogen and oxygen atoms in total. The molecule has 0 saturated carbocycles. The number of rotatable bonds is 2. The summed E-state index contributed by atoms with van der Waals surface area (Å²) in [5.41, 5.74) is 2.39. The Labute approximate surface area is 38.8 Å². The van der Waals surface area contributed by atoms with Crippen LogP contribution in [0.3, 0.4) is 0 Å². The molecule has 0 fully saturated rings. The van der Waals surface area contributed by atoms with Crippen molar-refractivity contribution in [1.29, 1.82) is 0 Å². The Balaban J connectivity index is 2.65. The first-order valence-electron chi connectivity index (χ1n) is 1.08. The number of nitrogens with zero attached hydrogens (tertiary/aromatic N) is 1. The monoisotopic (exact) mass is 112 g/mol. The zero-order chi connectivity index (χ0) is 4.12. The Morgan fingerprint density at radius 1 is 2.00 bits per heavy atom. The van der Waals surface area contributed by atoms with Crippen LogP contribution in [-0.4, -0.2) is 0 Å². The zero-order valence-electron chi connectivity index (χ0n) is 2.59. The second-order valence-corrected chi connectivity index (χ2v) is 0.659. The summed E-state index contributed by atoms with van der Waals surface area (Å²) in [5.74, 6) is 0. The molecular weight excluding hydrogens is 108 g/mol. The summed E-state index contributed by atoms with van der Waals surface area (Å²) in [6.45, 7) is 3.31. The van der Waals surface area contributed by atoms with Crippen LogP contribution < -0.4 is 5.43 Å². The molecule has 0 radical (unpaired) electrons. The quantitative estimate of drug-likeness (QED) is 0.404. The first kappa shape index (κ1) is 4.86. The standard InChI is InChI=1S/C2H4N2.Fe/c1-2-4-3;/h2,4H,1H2;/q;+1. The fourth-order valence-electron chi connectivity index (χ4n) is 0.0323. The fraction of sp³-hybridized carbons (Fsp3) is 0. The van der Waals surface area contributed by atoms with E-state index in [9.17, 15) is 0 Å². The van der Waals surface area contributed by atoms with Crippen LogP contribution in [0.2, 0.25) is 0 Å². The normalized spacial score (nSPS) is 5.60. The van der Waals surface area contributed by atoms with E-state index in [0.717, 1.165) is 0 Å². The Hall–Kier alpha value is -0.141. The van der Waals surface area contributed by atoms with Crippen LogP contribution in [0.5, 0.6) is 0 Å². The zero-order valence-corrected chi connectivity index (χ0v) is 3.69. The molecule has 0 atom stereocenters. The van der Waals surface area contributed by atoms with E-state index in [4.69, 9.17) is 0 Å². The summed E-state index contributed by atoms with van der Waals surface area (Å²) in [6, 6.07) is 0. The molecule has 0 rings (SSSR count). The molecule has 29 valence electrons. The fourth-order valence-corrected chi connectivity index (χ4v) is 0.133. The van der Waals surface area contributed by atoms with Gasteiger partial charge >= 0.3 is 38.1 Å². The van der Waals surface area contributed by atoms with Gasteiger partial charge in [-0.05, 0) is 0 Å². The molecule has 0 aliphatic carbocycles. The maximum absolute atomic E-state index is 3.31. The molecule has 0 amide bonds. The molecule has 0 spiro atoms. The van der Waals surface area contributed by atoms with E-state index in [0.29, 0.717) is 0 Å². The van der Waals surface area contributed by atoms with Gasteiger partial charge in [-0.15, -0.1) is 0 Å². The molecule has 3 heteroatoms. The van der Waals surface area contributed by atoms with Crippen LogP contribution in [0, 0.1) is 0 Å². The maximum atomic E-state index is 3.31. The van der Waals surface area contributed by atoms with E-state index in [-0.39, 0.29) is 0 Å². The van der Waals surface area contributed by atoms with E-state index in [1.165, 1.54) is 6.20 Å². The van der Waals surface area contributed by atoms with Gasteiger partial charge < -0.3 is 0 Å². The second-order valence-electron chi connectivity index (χ2n) is 0.412. The van der Waals surface area contributed by atoms with E-state index in [2.05, 4.69) is 31.9 Å². The Kier molecular flexibility index (Phi) is 3.75. The average molecular weight is 112 g/mol. The summed E-state index contributed by atoms with van der Waals surface area (Å²) < 4.78 is 3.24. The van der Waals surface area contributed by atoms with Crippen molar-refractivity contribution in [2.45, 2.75) is 0 Å². The molecule has 0 bridgehead atoms. The van der Waals surface area contributed by atoms with Crippen molar-refractivity contribution in [3.63, 3.8) is 0 Å². The van der Waals surface area contributed by atoms with Crippen molar-refractivity contribution in [3.05, 3.63) is 12.8 Å². The van der Waals surface area contributed by atoms with Gasteiger partial charge in [-0.2, -0.15) is 0 Å². The average Bonchev–Trinajstić information content (AvgIpc) is 1.41. The summed E-state index contributed by atoms with van der Waals surface area (Å²) in [4.78, 5) is 0. The predicted octanol–water partition coefficient (Wildman–Crippen LogP) is 0.365. The predicted molar refractivity (Wildman–Crippen MR) is 15.8 cm³/mol. The van der Waals surface area contributed by atoms with Gasteiger partial charge in [0.05, 0.1) is 0 Å². The van der Waals surface area contributed by atoms with Gasteiger partial charge in [0.25, 0.3) is 0 Å². The van der Waals surface area contributed by atoms with Crippen LogP contribution in [0.4, 0.5) is 0 Å². The van der Waals surface area contributed by atoms with Gasteiger partial charge in [-0.3, -0.25) is 0 Å². The molecule has 0 heterocycles. The van der Waals surface area contributed by atoms with Gasteiger partial charge in [-0.1, -0.05) is 0 Å². The van der Waals surface area contributed by atoms with Crippen molar-refractivity contribution in [2.24, 2.45) is 4.07 Å². The summed E-state index contributed by atoms with van der Waals surface area (Å²) in [6.07, 6.45) is 1.45. The second kappa shape index (κ2) is 3.86.